The molecule has 0 saturated carbocycles. The lowest BCUT2D eigenvalue weighted by molar-refractivity contribution is 0.0738. The Balaban J connectivity index is 1.51. The fourth-order valence-electron chi connectivity index (χ4n) is 3.65. The van der Waals surface area contributed by atoms with Gasteiger partial charge >= 0.3 is 0 Å². The number of hydrogen-bond acceptors (Lipinski definition) is 4. The van der Waals surface area contributed by atoms with Gasteiger partial charge in [-0.25, -0.2) is 0 Å². The minimum atomic E-state index is 0.105. The highest BCUT2D eigenvalue weighted by Gasteiger charge is 2.22. The molecule has 5 heteroatoms. The van der Waals surface area contributed by atoms with Crippen LogP contribution in [-0.2, 0) is 13.1 Å². The molecule has 3 heterocycles. The number of fused-ring (bicyclic) bond motifs is 1. The lowest BCUT2D eigenvalue weighted by Gasteiger charge is -2.26. The van der Waals surface area contributed by atoms with Gasteiger partial charge in [-0.1, -0.05) is 18.6 Å². The van der Waals surface area contributed by atoms with Crippen molar-refractivity contribution in [2.24, 2.45) is 0 Å². The molecule has 0 bridgehead atoms. The molecule has 4 rings (SSSR count). The highest BCUT2D eigenvalue weighted by molar-refractivity contribution is 7.12. The lowest BCUT2D eigenvalue weighted by atomic mass is 10.1. The van der Waals surface area contributed by atoms with Crippen molar-refractivity contribution in [1.29, 1.82) is 0 Å². The van der Waals surface area contributed by atoms with E-state index in [4.69, 9.17) is 4.74 Å². The van der Waals surface area contributed by atoms with Gasteiger partial charge < -0.3 is 9.64 Å². The summed E-state index contributed by atoms with van der Waals surface area (Å²) in [5.41, 5.74) is 2.44. The lowest BCUT2D eigenvalue weighted by Crippen LogP contribution is -2.32. The van der Waals surface area contributed by atoms with Gasteiger partial charge in [-0.05, 0) is 55.1 Å². The van der Waals surface area contributed by atoms with E-state index in [1.165, 1.54) is 49.3 Å². The second-order valence-electron chi connectivity index (χ2n) is 6.83. The highest BCUT2D eigenvalue weighted by Crippen LogP contribution is 2.26. The SMILES string of the molecule is O=C(c1cccs1)N1CCOc2ccc(CN3CCCCC3)cc2C1. The average Bonchev–Trinajstić information content (AvgIpc) is 3.09. The topological polar surface area (TPSA) is 32.8 Å². The number of amides is 1. The van der Waals surface area contributed by atoms with E-state index < -0.39 is 0 Å². The van der Waals surface area contributed by atoms with Crippen LogP contribution in [0.4, 0.5) is 0 Å². The van der Waals surface area contributed by atoms with E-state index >= 15 is 0 Å². The van der Waals surface area contributed by atoms with Crippen LogP contribution in [0.1, 0.15) is 40.1 Å². The third-order valence-electron chi connectivity index (χ3n) is 4.98. The normalized spacial score (nSPS) is 18.3. The van der Waals surface area contributed by atoms with Crippen molar-refractivity contribution in [3.05, 3.63) is 51.7 Å². The van der Waals surface area contributed by atoms with Crippen LogP contribution in [0.15, 0.2) is 35.7 Å². The molecule has 132 valence electrons. The monoisotopic (exact) mass is 356 g/mol. The van der Waals surface area contributed by atoms with Gasteiger partial charge in [0.15, 0.2) is 0 Å². The molecule has 2 aliphatic heterocycles. The Labute approximate surface area is 153 Å². The van der Waals surface area contributed by atoms with E-state index in [2.05, 4.69) is 23.1 Å². The smallest absolute Gasteiger partial charge is 0.264 e. The van der Waals surface area contributed by atoms with Crippen LogP contribution in [0.2, 0.25) is 0 Å². The van der Waals surface area contributed by atoms with E-state index in [-0.39, 0.29) is 5.91 Å². The molecule has 4 nitrogen and oxygen atoms in total. The quantitative estimate of drug-likeness (QED) is 0.839. The zero-order valence-electron chi connectivity index (χ0n) is 14.4. The van der Waals surface area contributed by atoms with E-state index in [1.807, 2.05) is 22.4 Å². The zero-order valence-corrected chi connectivity index (χ0v) is 15.3. The van der Waals surface area contributed by atoms with Gasteiger partial charge in [-0.3, -0.25) is 9.69 Å². The maximum absolute atomic E-state index is 12.7. The van der Waals surface area contributed by atoms with Gasteiger partial charge in [0, 0.05) is 18.7 Å². The molecule has 25 heavy (non-hydrogen) atoms. The Morgan fingerprint density at radius 2 is 2.00 bits per heavy atom. The van der Waals surface area contributed by atoms with Crippen LogP contribution in [0, 0.1) is 0 Å². The van der Waals surface area contributed by atoms with Gasteiger partial charge in [0.1, 0.15) is 12.4 Å². The summed E-state index contributed by atoms with van der Waals surface area (Å²) in [4.78, 5) is 17.9. The van der Waals surface area contributed by atoms with Gasteiger partial charge in [-0.15, -0.1) is 11.3 Å². The van der Waals surface area contributed by atoms with Crippen molar-refractivity contribution in [1.82, 2.24) is 9.80 Å². The summed E-state index contributed by atoms with van der Waals surface area (Å²) in [6.07, 6.45) is 3.96. The molecule has 0 unspecified atom stereocenters. The summed E-state index contributed by atoms with van der Waals surface area (Å²) >= 11 is 1.50. The first kappa shape index (κ1) is 16.6. The Bertz CT molecular complexity index is 723. The summed E-state index contributed by atoms with van der Waals surface area (Å²) < 4.78 is 5.89. The fraction of sp³-hybridized carbons (Fsp3) is 0.450. The molecule has 2 aromatic rings. The standard InChI is InChI=1S/C20H24N2O2S/c23-20(19-5-4-12-25-19)22-10-11-24-18-7-6-16(13-17(18)15-22)14-21-8-2-1-3-9-21/h4-7,12-13H,1-3,8-11,14-15H2. The fourth-order valence-corrected chi connectivity index (χ4v) is 4.34. The van der Waals surface area contributed by atoms with E-state index in [9.17, 15) is 4.79 Å². The van der Waals surface area contributed by atoms with Crippen LogP contribution >= 0.6 is 11.3 Å². The van der Waals surface area contributed by atoms with Crippen LogP contribution in [0.3, 0.4) is 0 Å². The van der Waals surface area contributed by atoms with Crippen LogP contribution < -0.4 is 4.74 Å². The highest BCUT2D eigenvalue weighted by atomic mass is 32.1. The second kappa shape index (κ2) is 7.58. The van der Waals surface area contributed by atoms with Crippen molar-refractivity contribution in [2.75, 3.05) is 26.2 Å². The zero-order chi connectivity index (χ0) is 17.1. The minimum absolute atomic E-state index is 0.105. The summed E-state index contributed by atoms with van der Waals surface area (Å²) in [5.74, 6) is 1.02. The summed E-state index contributed by atoms with van der Waals surface area (Å²) in [6, 6.07) is 10.3. The largest absolute Gasteiger partial charge is 0.491 e. The molecule has 0 aliphatic carbocycles. The number of likely N-dealkylation sites (tertiary alicyclic amines) is 1. The predicted molar refractivity (Wildman–Crippen MR) is 100 cm³/mol. The molecule has 0 radical (unpaired) electrons. The number of rotatable bonds is 3. The van der Waals surface area contributed by atoms with Crippen LogP contribution in [0.5, 0.6) is 5.75 Å². The maximum Gasteiger partial charge on any atom is 0.264 e. The average molecular weight is 356 g/mol. The number of thiophene rings is 1. The third-order valence-corrected chi connectivity index (χ3v) is 5.84. The molecular weight excluding hydrogens is 332 g/mol. The second-order valence-corrected chi connectivity index (χ2v) is 7.78. The number of carbonyl (C=O) groups excluding carboxylic acids is 1. The molecule has 1 aromatic carbocycles. The summed E-state index contributed by atoms with van der Waals surface area (Å²) in [7, 11) is 0. The number of ether oxygens (including phenoxy) is 1. The van der Waals surface area contributed by atoms with E-state index in [0.717, 1.165) is 22.7 Å². The molecule has 1 saturated heterocycles. The Hall–Kier alpha value is -1.85. The number of hydrogen-bond donors (Lipinski definition) is 0. The van der Waals surface area contributed by atoms with Crippen molar-refractivity contribution in [2.45, 2.75) is 32.4 Å². The van der Waals surface area contributed by atoms with Gasteiger partial charge in [0.25, 0.3) is 5.91 Å². The Morgan fingerprint density at radius 1 is 1.12 bits per heavy atom. The van der Waals surface area contributed by atoms with E-state index in [1.54, 1.807) is 0 Å². The van der Waals surface area contributed by atoms with Gasteiger partial charge in [0.2, 0.25) is 0 Å². The third kappa shape index (κ3) is 3.88. The summed E-state index contributed by atoms with van der Waals surface area (Å²) in [5, 5.41) is 1.95. The van der Waals surface area contributed by atoms with Gasteiger partial charge in [0.05, 0.1) is 11.4 Å². The first-order valence-electron chi connectivity index (χ1n) is 9.09. The number of nitrogens with zero attached hydrogens (tertiary/aromatic N) is 2. The molecule has 1 aromatic heterocycles. The first-order valence-corrected chi connectivity index (χ1v) is 9.97. The van der Waals surface area contributed by atoms with Crippen molar-refractivity contribution >= 4 is 17.2 Å². The van der Waals surface area contributed by atoms with Crippen molar-refractivity contribution in [3.63, 3.8) is 0 Å². The molecule has 2 aliphatic rings. The number of carbonyl (C=O) groups is 1. The predicted octanol–water partition coefficient (Wildman–Crippen LogP) is 3.77. The maximum atomic E-state index is 12.7. The van der Waals surface area contributed by atoms with Crippen molar-refractivity contribution in [3.8, 4) is 5.75 Å². The molecule has 1 amide bonds. The molecule has 0 spiro atoms. The molecular formula is C20H24N2O2S. The number of benzene rings is 1. The first-order chi connectivity index (χ1) is 12.3. The Morgan fingerprint density at radius 3 is 2.80 bits per heavy atom. The minimum Gasteiger partial charge on any atom is -0.491 e. The Kier molecular flexibility index (Phi) is 5.04. The van der Waals surface area contributed by atoms with Crippen LogP contribution in [-0.4, -0.2) is 41.9 Å². The number of piperidine rings is 1. The molecule has 0 atom stereocenters. The molecule has 1 fully saturated rings. The van der Waals surface area contributed by atoms with Gasteiger partial charge in [-0.2, -0.15) is 0 Å². The van der Waals surface area contributed by atoms with Crippen LogP contribution in [0.25, 0.3) is 0 Å². The van der Waals surface area contributed by atoms with E-state index in [0.29, 0.717) is 19.7 Å². The summed E-state index contributed by atoms with van der Waals surface area (Å²) in [6.45, 7) is 5.18. The molecule has 0 N–H and O–H groups in total. The van der Waals surface area contributed by atoms with Crippen molar-refractivity contribution < 1.29 is 9.53 Å².